The monoisotopic (exact) mass is 588 g/mol. The van der Waals surface area contributed by atoms with Gasteiger partial charge in [-0.1, -0.05) is 12.0 Å². The second-order valence-corrected chi connectivity index (χ2v) is 12.7. The molecule has 1 aromatic heterocycles. The van der Waals surface area contributed by atoms with E-state index in [4.69, 9.17) is 23.9 Å². The van der Waals surface area contributed by atoms with Crippen molar-refractivity contribution >= 4 is 22.3 Å². The van der Waals surface area contributed by atoms with Gasteiger partial charge in [-0.05, 0) is 56.2 Å². The Kier molecular flexibility index (Phi) is 5.87. The number of aromatic hydroxyl groups is 1. The number of hydrogen-bond donors (Lipinski definition) is 2. The molecule has 0 unspecified atom stereocenters. The highest BCUT2D eigenvalue weighted by molar-refractivity contribution is 6.00. The average molecular weight is 589 g/mol. The van der Waals surface area contributed by atoms with Crippen LogP contribution in [0.4, 0.5) is 20.3 Å². The molecular formula is C33H36F2N6O2. The van der Waals surface area contributed by atoms with Gasteiger partial charge in [0.25, 0.3) is 0 Å². The van der Waals surface area contributed by atoms with Crippen LogP contribution in [0.3, 0.4) is 0 Å². The number of ether oxygens (including phenoxy) is 1. The Morgan fingerprint density at radius 1 is 1.16 bits per heavy atom. The van der Waals surface area contributed by atoms with Gasteiger partial charge in [0.1, 0.15) is 30.1 Å². The molecule has 0 spiro atoms. The van der Waals surface area contributed by atoms with Crippen molar-refractivity contribution in [3.63, 3.8) is 0 Å². The fourth-order valence-electron chi connectivity index (χ4n) is 8.06. The molecule has 224 valence electrons. The van der Waals surface area contributed by atoms with Gasteiger partial charge in [-0.2, -0.15) is 9.97 Å². The van der Waals surface area contributed by atoms with Crippen LogP contribution in [0.25, 0.3) is 10.8 Å². The van der Waals surface area contributed by atoms with E-state index in [9.17, 15) is 13.9 Å². The predicted octanol–water partition coefficient (Wildman–Crippen LogP) is 3.91. The smallest absolute Gasteiger partial charge is 0.318 e. The highest BCUT2D eigenvalue weighted by atomic mass is 19.1. The fourth-order valence-corrected chi connectivity index (χ4v) is 8.06. The normalized spacial score (nSPS) is 29.3. The Labute approximate surface area is 252 Å². The molecule has 10 heteroatoms. The third kappa shape index (κ3) is 4.56. The van der Waals surface area contributed by atoms with E-state index in [1.54, 1.807) is 18.2 Å². The number of anilines is 2. The van der Waals surface area contributed by atoms with Crippen LogP contribution in [0, 0.1) is 18.2 Å². The van der Waals surface area contributed by atoms with Crippen molar-refractivity contribution in [3.8, 4) is 24.1 Å². The number of rotatable bonds is 5. The Morgan fingerprint density at radius 3 is 2.81 bits per heavy atom. The molecule has 5 aliphatic heterocycles. The number of piperazine rings is 1. The maximum Gasteiger partial charge on any atom is 0.318 e. The number of fused-ring (bicyclic) bond motifs is 5. The first kappa shape index (κ1) is 24.7. The van der Waals surface area contributed by atoms with Gasteiger partial charge in [0.2, 0.25) is 0 Å². The van der Waals surface area contributed by atoms with E-state index in [0.717, 1.165) is 43.7 Å². The topological polar surface area (TPSA) is 77.0 Å². The van der Waals surface area contributed by atoms with Gasteiger partial charge in [-0.25, -0.2) is 8.78 Å². The van der Waals surface area contributed by atoms with Crippen molar-refractivity contribution in [1.29, 1.82) is 0 Å². The molecule has 5 aliphatic rings. The zero-order chi connectivity index (χ0) is 31.1. The quantitative estimate of drug-likeness (QED) is 0.435. The first-order chi connectivity index (χ1) is 21.6. The van der Waals surface area contributed by atoms with Crippen LogP contribution in [0.2, 0.25) is 0 Å². The van der Waals surface area contributed by atoms with Crippen LogP contribution in [0.15, 0.2) is 24.3 Å². The summed E-state index contributed by atoms with van der Waals surface area (Å²) in [5, 5.41) is 15.4. The first-order valence-corrected chi connectivity index (χ1v) is 15.3. The molecule has 0 aliphatic carbocycles. The highest BCUT2D eigenvalue weighted by Crippen LogP contribution is 2.42. The molecule has 4 atom stereocenters. The molecule has 0 saturated carbocycles. The second-order valence-electron chi connectivity index (χ2n) is 12.7. The molecule has 2 aromatic carbocycles. The zero-order valence-electron chi connectivity index (χ0n) is 26.0. The van der Waals surface area contributed by atoms with E-state index in [1.165, 1.54) is 6.07 Å². The van der Waals surface area contributed by atoms with Crippen molar-refractivity contribution in [1.82, 2.24) is 20.2 Å². The molecule has 0 radical (unpaired) electrons. The lowest BCUT2D eigenvalue weighted by Gasteiger charge is -2.38. The maximum atomic E-state index is 14.9. The highest BCUT2D eigenvalue weighted by Gasteiger charge is 2.49. The third-order valence-corrected chi connectivity index (χ3v) is 9.99. The van der Waals surface area contributed by atoms with E-state index < -0.39 is 24.1 Å². The van der Waals surface area contributed by atoms with Gasteiger partial charge in [0.05, 0.1) is 26.1 Å². The number of nitrogens with one attached hydrogen (secondary N) is 1. The molecular weight excluding hydrogens is 550 g/mol. The minimum Gasteiger partial charge on any atom is -0.508 e. The lowest BCUT2D eigenvalue weighted by atomic mass is 9.95. The lowest BCUT2D eigenvalue weighted by molar-refractivity contribution is 0.107. The molecule has 4 saturated heterocycles. The Hall–Kier alpha value is -3.68. The average Bonchev–Trinajstić information content (AvgIpc) is 3.67. The van der Waals surface area contributed by atoms with Crippen molar-refractivity contribution in [2.75, 3.05) is 49.1 Å². The number of terminal acetylenes is 1. The number of alkyl halides is 1. The van der Waals surface area contributed by atoms with E-state index >= 15 is 0 Å². The molecule has 6 heterocycles. The number of hydrogen-bond acceptors (Lipinski definition) is 8. The van der Waals surface area contributed by atoms with E-state index in [1.807, 2.05) is 9.80 Å². The van der Waals surface area contributed by atoms with Crippen molar-refractivity contribution in [2.45, 2.75) is 68.9 Å². The number of aromatic nitrogens is 2. The number of phenolic OH excluding ortho intramolecular Hbond substituents is 1. The van der Waals surface area contributed by atoms with E-state index in [-0.39, 0.29) is 30.3 Å². The molecule has 8 rings (SSSR count). The van der Waals surface area contributed by atoms with E-state index in [2.05, 4.69) is 16.1 Å². The first-order valence-electron chi connectivity index (χ1n) is 16.3. The Balaban J connectivity index is 1.20. The van der Waals surface area contributed by atoms with Crippen LogP contribution in [0.1, 0.15) is 51.7 Å². The van der Waals surface area contributed by atoms with Crippen LogP contribution in [-0.2, 0) is 13.0 Å². The summed E-state index contributed by atoms with van der Waals surface area (Å²) in [4.78, 5) is 15.8. The van der Waals surface area contributed by atoms with Crippen LogP contribution >= 0.6 is 0 Å². The summed E-state index contributed by atoms with van der Waals surface area (Å²) in [7, 11) is 0. The summed E-state index contributed by atoms with van der Waals surface area (Å²) < 4.78 is 53.8. The summed E-state index contributed by atoms with van der Waals surface area (Å²) in [5.74, 6) is 2.77. The maximum absolute atomic E-state index is 14.9. The number of phenols is 1. The molecule has 3 aromatic rings. The van der Waals surface area contributed by atoms with E-state index in [0.29, 0.717) is 66.7 Å². The van der Waals surface area contributed by atoms with Crippen LogP contribution < -0.4 is 19.9 Å². The molecule has 4 fully saturated rings. The predicted molar refractivity (Wildman–Crippen MR) is 161 cm³/mol. The summed E-state index contributed by atoms with van der Waals surface area (Å²) in [5.41, 5.74) is 1.31. The Bertz CT molecular complexity index is 1720. The van der Waals surface area contributed by atoms with Crippen molar-refractivity contribution in [2.24, 2.45) is 0 Å². The standard InChI is InChI=1S/C33H36F2N6O2/c1-2-25-27(35)7-4-20-12-24(42)13-29(30(20)25)39-11-8-26-28(18-39)37-32(38-31(26)40-16-22-5-6-23(17-40)36-22)43-19-33-9-3-10-41(33)15-21(34)14-33/h1,4,7,12-13,21-23,36,42H,3,5-6,8-11,14-19H2/t21-,22-,23+,33+/m1/s1/i19D2. The SMILES string of the molecule is [2H]C([2H])(Oc1nc2c(c(N3C[C@H]4CC[C@@H](C3)N4)n1)CCN(c1cc(O)cc3ccc(F)c(C#C)c13)C2)[C@@]12CCCN1C[C@H](F)C2. The third-order valence-electron chi connectivity index (χ3n) is 9.99. The second kappa shape index (κ2) is 10.2. The molecule has 0 amide bonds. The summed E-state index contributed by atoms with van der Waals surface area (Å²) >= 11 is 0. The minimum absolute atomic E-state index is 0.0397. The van der Waals surface area contributed by atoms with Crippen molar-refractivity contribution in [3.05, 3.63) is 46.9 Å². The zero-order valence-corrected chi connectivity index (χ0v) is 24.0. The Morgan fingerprint density at radius 2 is 2.00 bits per heavy atom. The van der Waals surface area contributed by atoms with Gasteiger partial charge in [-0.15, -0.1) is 6.42 Å². The fraction of sp³-hybridized carbons (Fsp3) is 0.515. The summed E-state index contributed by atoms with van der Waals surface area (Å²) in [6.45, 7) is 1.03. The van der Waals surface area contributed by atoms with Crippen LogP contribution in [0.5, 0.6) is 11.8 Å². The molecule has 8 nitrogen and oxygen atoms in total. The van der Waals surface area contributed by atoms with Gasteiger partial charge < -0.3 is 25.0 Å². The van der Waals surface area contributed by atoms with Crippen LogP contribution in [-0.4, -0.2) is 83.1 Å². The molecule has 2 N–H and O–H groups in total. The number of benzene rings is 2. The van der Waals surface area contributed by atoms with Gasteiger partial charge in [0.15, 0.2) is 0 Å². The summed E-state index contributed by atoms with van der Waals surface area (Å²) in [6.07, 6.45) is 8.77. The largest absolute Gasteiger partial charge is 0.508 e. The van der Waals surface area contributed by atoms with Gasteiger partial charge >= 0.3 is 6.01 Å². The minimum atomic E-state index is -2.21. The van der Waals surface area contributed by atoms with Gasteiger partial charge in [-0.3, -0.25) is 4.90 Å². The number of halogens is 2. The van der Waals surface area contributed by atoms with Gasteiger partial charge in [0, 0.05) is 67.4 Å². The molecule has 2 bridgehead atoms. The molecule has 43 heavy (non-hydrogen) atoms. The summed E-state index contributed by atoms with van der Waals surface area (Å²) in [6, 6.07) is 6.72. The van der Waals surface area contributed by atoms with Crippen molar-refractivity contribution < 1.29 is 21.4 Å². The number of nitrogens with zero attached hydrogens (tertiary/aromatic N) is 5. The lowest BCUT2D eigenvalue weighted by Crippen LogP contribution is -2.52.